The standard InChI is InChI=1S/C30H42O4/c1-5-23(24-13-15-27(32)16-14-24)19-26(25-11-9-22(21-31)10-12-25)20-29(3,4)28(33)34-30(6-2)17-7-8-18-30/h9-16,23,26,31-32H,5-8,17-21H2,1-4H3. The van der Waals surface area contributed by atoms with Gasteiger partial charge in [0.2, 0.25) is 0 Å². The van der Waals surface area contributed by atoms with Crippen LogP contribution in [-0.4, -0.2) is 21.8 Å². The van der Waals surface area contributed by atoms with Crippen molar-refractivity contribution in [3.05, 3.63) is 65.2 Å². The Hall–Kier alpha value is -2.33. The van der Waals surface area contributed by atoms with Crippen molar-refractivity contribution in [2.75, 3.05) is 0 Å². The van der Waals surface area contributed by atoms with E-state index in [1.54, 1.807) is 12.1 Å². The summed E-state index contributed by atoms with van der Waals surface area (Å²) in [4.78, 5) is 13.4. The van der Waals surface area contributed by atoms with Crippen molar-refractivity contribution < 1.29 is 19.7 Å². The van der Waals surface area contributed by atoms with Gasteiger partial charge in [0, 0.05) is 0 Å². The van der Waals surface area contributed by atoms with Crippen LogP contribution in [0.15, 0.2) is 48.5 Å². The second kappa shape index (κ2) is 11.4. The number of ether oxygens (including phenoxy) is 1. The van der Waals surface area contributed by atoms with Crippen LogP contribution in [0.3, 0.4) is 0 Å². The van der Waals surface area contributed by atoms with Crippen LogP contribution in [0.4, 0.5) is 0 Å². The maximum Gasteiger partial charge on any atom is 0.312 e. The van der Waals surface area contributed by atoms with Crippen LogP contribution >= 0.6 is 0 Å². The lowest BCUT2D eigenvalue weighted by Gasteiger charge is -2.35. The van der Waals surface area contributed by atoms with Crippen molar-refractivity contribution in [3.63, 3.8) is 0 Å². The number of aromatic hydroxyl groups is 1. The van der Waals surface area contributed by atoms with E-state index in [9.17, 15) is 15.0 Å². The van der Waals surface area contributed by atoms with Gasteiger partial charge in [-0.3, -0.25) is 4.79 Å². The van der Waals surface area contributed by atoms with Crippen molar-refractivity contribution in [1.29, 1.82) is 0 Å². The van der Waals surface area contributed by atoms with E-state index >= 15 is 0 Å². The first-order chi connectivity index (χ1) is 16.2. The third-order valence-corrected chi connectivity index (χ3v) is 7.84. The highest BCUT2D eigenvalue weighted by molar-refractivity contribution is 5.76. The summed E-state index contributed by atoms with van der Waals surface area (Å²) in [6.45, 7) is 8.37. The van der Waals surface area contributed by atoms with Crippen LogP contribution in [0, 0.1) is 5.41 Å². The molecule has 4 nitrogen and oxygen atoms in total. The molecule has 186 valence electrons. The predicted octanol–water partition coefficient (Wildman–Crippen LogP) is 7.23. The summed E-state index contributed by atoms with van der Waals surface area (Å²) in [6, 6.07) is 15.6. The van der Waals surface area contributed by atoms with E-state index in [2.05, 4.69) is 26.0 Å². The number of aliphatic hydroxyl groups is 1. The zero-order chi connectivity index (χ0) is 24.8. The number of phenolic OH excluding ortho intramolecular Hbond substituents is 1. The number of esters is 1. The van der Waals surface area contributed by atoms with E-state index in [0.29, 0.717) is 12.3 Å². The minimum absolute atomic E-state index is 0.0208. The first kappa shape index (κ1) is 26.3. The molecular weight excluding hydrogens is 424 g/mol. The van der Waals surface area contributed by atoms with Gasteiger partial charge in [-0.2, -0.15) is 0 Å². The smallest absolute Gasteiger partial charge is 0.312 e. The average Bonchev–Trinajstić information content (AvgIpc) is 3.31. The van der Waals surface area contributed by atoms with Gasteiger partial charge in [0.15, 0.2) is 0 Å². The highest BCUT2D eigenvalue weighted by Crippen LogP contribution is 2.43. The minimum atomic E-state index is -0.613. The lowest BCUT2D eigenvalue weighted by atomic mass is 9.74. The molecule has 2 N–H and O–H groups in total. The summed E-state index contributed by atoms with van der Waals surface area (Å²) in [5, 5.41) is 19.2. The van der Waals surface area contributed by atoms with E-state index in [4.69, 9.17) is 4.74 Å². The third-order valence-electron chi connectivity index (χ3n) is 7.84. The van der Waals surface area contributed by atoms with Crippen LogP contribution in [0.5, 0.6) is 5.75 Å². The lowest BCUT2D eigenvalue weighted by Crippen LogP contribution is -2.38. The molecule has 2 unspecified atom stereocenters. The monoisotopic (exact) mass is 466 g/mol. The van der Waals surface area contributed by atoms with Crippen LogP contribution in [0.2, 0.25) is 0 Å². The molecule has 0 aliphatic heterocycles. The van der Waals surface area contributed by atoms with Gasteiger partial charge in [0.05, 0.1) is 12.0 Å². The fraction of sp³-hybridized carbons (Fsp3) is 0.567. The Morgan fingerprint density at radius 2 is 1.53 bits per heavy atom. The molecule has 1 saturated carbocycles. The van der Waals surface area contributed by atoms with Gasteiger partial charge in [-0.05, 0) is 106 Å². The summed E-state index contributed by atoms with van der Waals surface area (Å²) >= 11 is 0. The largest absolute Gasteiger partial charge is 0.508 e. The summed E-state index contributed by atoms with van der Waals surface area (Å²) in [5.74, 6) is 0.656. The number of aliphatic hydroxyl groups excluding tert-OH is 1. The van der Waals surface area contributed by atoms with Crippen molar-refractivity contribution >= 4 is 5.97 Å². The quantitative estimate of drug-likeness (QED) is 0.343. The molecule has 2 atom stereocenters. The SMILES string of the molecule is CCC(CC(CC(C)(C)C(=O)OC1(CC)CCCC1)c1ccc(CO)cc1)c1ccc(O)cc1. The molecule has 0 radical (unpaired) electrons. The molecule has 0 spiro atoms. The molecule has 0 aromatic heterocycles. The second-order valence-electron chi connectivity index (χ2n) is 10.8. The normalized spacial score (nSPS) is 17.3. The number of carbonyl (C=O) groups is 1. The highest BCUT2D eigenvalue weighted by Gasteiger charge is 2.41. The van der Waals surface area contributed by atoms with Gasteiger partial charge in [-0.15, -0.1) is 0 Å². The van der Waals surface area contributed by atoms with Gasteiger partial charge in [-0.25, -0.2) is 0 Å². The molecular formula is C30H42O4. The van der Waals surface area contributed by atoms with E-state index in [-0.39, 0.29) is 29.8 Å². The molecule has 2 aromatic rings. The van der Waals surface area contributed by atoms with E-state index < -0.39 is 5.41 Å². The summed E-state index contributed by atoms with van der Waals surface area (Å²) in [7, 11) is 0. The van der Waals surface area contributed by atoms with Crippen LogP contribution < -0.4 is 0 Å². The van der Waals surface area contributed by atoms with E-state index in [1.165, 1.54) is 11.1 Å². The predicted molar refractivity (Wildman–Crippen MR) is 137 cm³/mol. The summed E-state index contributed by atoms with van der Waals surface area (Å²) in [6.07, 6.45) is 7.64. The number of hydrogen-bond donors (Lipinski definition) is 2. The Labute approximate surface area is 205 Å². The first-order valence-corrected chi connectivity index (χ1v) is 12.9. The topological polar surface area (TPSA) is 66.8 Å². The van der Waals surface area contributed by atoms with Gasteiger partial charge in [0.1, 0.15) is 11.4 Å². The number of rotatable bonds is 11. The molecule has 34 heavy (non-hydrogen) atoms. The Balaban J connectivity index is 1.84. The molecule has 0 amide bonds. The number of benzene rings is 2. The van der Waals surface area contributed by atoms with Crippen molar-refractivity contribution in [3.8, 4) is 5.75 Å². The molecule has 0 saturated heterocycles. The zero-order valence-electron chi connectivity index (χ0n) is 21.3. The Morgan fingerprint density at radius 3 is 2.06 bits per heavy atom. The van der Waals surface area contributed by atoms with Crippen LogP contribution in [0.25, 0.3) is 0 Å². The highest BCUT2D eigenvalue weighted by atomic mass is 16.6. The molecule has 4 heteroatoms. The number of carbonyl (C=O) groups excluding carboxylic acids is 1. The van der Waals surface area contributed by atoms with Crippen LogP contribution in [0.1, 0.15) is 108 Å². The molecule has 0 bridgehead atoms. The first-order valence-electron chi connectivity index (χ1n) is 12.9. The molecule has 2 aromatic carbocycles. The Morgan fingerprint density at radius 1 is 0.971 bits per heavy atom. The fourth-order valence-electron chi connectivity index (χ4n) is 5.44. The van der Waals surface area contributed by atoms with Crippen molar-refractivity contribution in [2.45, 2.75) is 103 Å². The zero-order valence-corrected chi connectivity index (χ0v) is 21.3. The van der Waals surface area contributed by atoms with Gasteiger partial charge >= 0.3 is 5.97 Å². The van der Waals surface area contributed by atoms with E-state index in [0.717, 1.165) is 50.5 Å². The van der Waals surface area contributed by atoms with E-state index in [1.807, 2.05) is 38.1 Å². The summed E-state index contributed by atoms with van der Waals surface area (Å²) < 4.78 is 6.22. The molecule has 1 aliphatic rings. The molecule has 1 fully saturated rings. The summed E-state index contributed by atoms with van der Waals surface area (Å²) in [5.41, 5.74) is 2.37. The maximum atomic E-state index is 13.4. The Kier molecular flexibility index (Phi) is 8.81. The molecule has 0 heterocycles. The van der Waals surface area contributed by atoms with Crippen molar-refractivity contribution in [2.24, 2.45) is 5.41 Å². The minimum Gasteiger partial charge on any atom is -0.508 e. The number of hydrogen-bond acceptors (Lipinski definition) is 4. The number of phenols is 1. The lowest BCUT2D eigenvalue weighted by molar-refractivity contribution is -0.171. The van der Waals surface area contributed by atoms with Crippen molar-refractivity contribution in [1.82, 2.24) is 0 Å². The second-order valence-corrected chi connectivity index (χ2v) is 10.8. The maximum absolute atomic E-state index is 13.4. The van der Waals surface area contributed by atoms with Gasteiger partial charge in [-0.1, -0.05) is 50.2 Å². The molecule has 3 rings (SSSR count). The fourth-order valence-corrected chi connectivity index (χ4v) is 5.44. The Bertz CT molecular complexity index is 908. The average molecular weight is 467 g/mol. The third kappa shape index (κ3) is 6.41. The van der Waals surface area contributed by atoms with Gasteiger partial charge < -0.3 is 14.9 Å². The van der Waals surface area contributed by atoms with Crippen LogP contribution in [-0.2, 0) is 16.1 Å². The van der Waals surface area contributed by atoms with Gasteiger partial charge in [0.25, 0.3) is 0 Å². The molecule has 1 aliphatic carbocycles.